The lowest BCUT2D eigenvalue weighted by Crippen LogP contribution is -2.30. The Morgan fingerprint density at radius 1 is 1.00 bits per heavy atom. The molecule has 4 rings (SSSR count). The van der Waals surface area contributed by atoms with Gasteiger partial charge >= 0.3 is 0 Å². The Morgan fingerprint density at radius 2 is 1.81 bits per heavy atom. The number of fused-ring (bicyclic) bond motifs is 2. The van der Waals surface area contributed by atoms with Crippen LogP contribution in [-0.2, 0) is 6.42 Å². The molecular formula is C29H38F2. The molecule has 0 saturated heterocycles. The molecule has 31 heavy (non-hydrogen) atoms. The highest BCUT2D eigenvalue weighted by atomic mass is 19.1. The number of hydrogen-bond acceptors (Lipinski definition) is 0. The molecule has 0 aliphatic heterocycles. The van der Waals surface area contributed by atoms with Crippen molar-refractivity contribution < 1.29 is 8.78 Å². The smallest absolute Gasteiger partial charge is 0.137 e. The first-order chi connectivity index (χ1) is 15.1. The average Bonchev–Trinajstić information content (AvgIpc) is 2.78. The number of hydrogen-bond donors (Lipinski definition) is 0. The van der Waals surface area contributed by atoms with E-state index in [0.717, 1.165) is 36.2 Å². The molecule has 0 aromatic heterocycles. The zero-order valence-electron chi connectivity index (χ0n) is 19.3. The van der Waals surface area contributed by atoms with Crippen LogP contribution in [0.15, 0.2) is 36.4 Å². The molecule has 2 aromatic carbocycles. The van der Waals surface area contributed by atoms with Gasteiger partial charge in [-0.25, -0.2) is 8.78 Å². The summed E-state index contributed by atoms with van der Waals surface area (Å²) in [5.41, 5.74) is 1.69. The lowest BCUT2D eigenvalue weighted by molar-refractivity contribution is 0.113. The van der Waals surface area contributed by atoms with Gasteiger partial charge in [0.15, 0.2) is 0 Å². The second-order valence-electron chi connectivity index (χ2n) is 10.1. The molecule has 4 atom stereocenters. The molecule has 0 amide bonds. The third-order valence-corrected chi connectivity index (χ3v) is 8.08. The first-order valence-corrected chi connectivity index (χ1v) is 12.6. The zero-order valence-corrected chi connectivity index (χ0v) is 19.3. The minimum Gasteiger partial charge on any atom is -0.206 e. The predicted molar refractivity (Wildman–Crippen MR) is 127 cm³/mol. The van der Waals surface area contributed by atoms with E-state index in [1.807, 2.05) is 31.2 Å². The maximum Gasteiger partial charge on any atom is 0.137 e. The van der Waals surface area contributed by atoms with Crippen LogP contribution in [0.2, 0.25) is 0 Å². The van der Waals surface area contributed by atoms with Gasteiger partial charge in [-0.3, -0.25) is 0 Å². The number of halogens is 2. The van der Waals surface area contributed by atoms with Gasteiger partial charge in [0.25, 0.3) is 0 Å². The second-order valence-corrected chi connectivity index (χ2v) is 10.1. The molecule has 0 radical (unpaired) electrons. The zero-order chi connectivity index (χ0) is 21.8. The maximum absolute atomic E-state index is 15.1. The van der Waals surface area contributed by atoms with Gasteiger partial charge in [-0.2, -0.15) is 0 Å². The van der Waals surface area contributed by atoms with E-state index in [9.17, 15) is 0 Å². The van der Waals surface area contributed by atoms with Gasteiger partial charge in [-0.1, -0.05) is 63.0 Å². The van der Waals surface area contributed by atoms with Crippen molar-refractivity contribution in [1.82, 2.24) is 0 Å². The number of unbranched alkanes of at least 4 members (excludes halogenated alkanes) is 1. The number of benzene rings is 2. The Labute approximate surface area is 187 Å². The Balaban J connectivity index is 1.49. The van der Waals surface area contributed by atoms with Crippen molar-refractivity contribution in [1.29, 1.82) is 0 Å². The van der Waals surface area contributed by atoms with Crippen molar-refractivity contribution in [3.05, 3.63) is 59.2 Å². The van der Waals surface area contributed by atoms with Crippen molar-refractivity contribution in [3.8, 4) is 0 Å². The Bertz CT molecular complexity index is 913. The summed E-state index contributed by atoms with van der Waals surface area (Å²) in [6.45, 7) is 4.25. The van der Waals surface area contributed by atoms with Crippen LogP contribution in [0.4, 0.5) is 8.78 Å². The lowest BCUT2D eigenvalue weighted by atomic mass is 9.63. The van der Waals surface area contributed by atoms with Crippen molar-refractivity contribution >= 4 is 10.8 Å². The van der Waals surface area contributed by atoms with Crippen molar-refractivity contribution in [3.63, 3.8) is 0 Å². The Kier molecular flexibility index (Phi) is 7.46. The fourth-order valence-corrected chi connectivity index (χ4v) is 6.32. The van der Waals surface area contributed by atoms with Gasteiger partial charge in [0.1, 0.15) is 11.6 Å². The molecule has 2 heteroatoms. The third kappa shape index (κ3) is 5.04. The van der Waals surface area contributed by atoms with E-state index < -0.39 is 0 Å². The van der Waals surface area contributed by atoms with E-state index in [2.05, 4.69) is 13.0 Å². The van der Waals surface area contributed by atoms with Crippen molar-refractivity contribution in [2.45, 2.75) is 90.4 Å². The molecule has 0 N–H and O–H groups in total. The first kappa shape index (κ1) is 22.5. The highest BCUT2D eigenvalue weighted by Gasteiger charge is 2.36. The molecule has 2 aliphatic rings. The van der Waals surface area contributed by atoms with Gasteiger partial charge < -0.3 is 0 Å². The molecule has 2 aliphatic carbocycles. The van der Waals surface area contributed by atoms with Crippen LogP contribution in [0.5, 0.6) is 0 Å². The summed E-state index contributed by atoms with van der Waals surface area (Å²) in [6.07, 6.45) is 17.2. The van der Waals surface area contributed by atoms with Crippen LogP contribution in [0.25, 0.3) is 10.8 Å². The topological polar surface area (TPSA) is 0 Å². The molecule has 168 valence electrons. The quantitative estimate of drug-likeness (QED) is 0.389. The number of rotatable bonds is 7. The van der Waals surface area contributed by atoms with Crippen molar-refractivity contribution in [2.75, 3.05) is 0 Å². The molecule has 2 fully saturated rings. The van der Waals surface area contributed by atoms with Gasteiger partial charge in [-0.15, -0.1) is 0 Å². The predicted octanol–water partition coefficient (Wildman–Crippen LogP) is 9.12. The normalized spacial score (nSPS) is 26.5. The summed E-state index contributed by atoms with van der Waals surface area (Å²) in [7, 11) is 0. The summed E-state index contributed by atoms with van der Waals surface area (Å²) in [4.78, 5) is 0. The maximum atomic E-state index is 15.1. The average molecular weight is 425 g/mol. The highest BCUT2D eigenvalue weighted by Crippen LogP contribution is 2.48. The lowest BCUT2D eigenvalue weighted by Gasteiger charge is -2.42. The van der Waals surface area contributed by atoms with Gasteiger partial charge in [0, 0.05) is 0 Å². The minimum absolute atomic E-state index is 0.173. The van der Waals surface area contributed by atoms with Crippen LogP contribution in [0.3, 0.4) is 0 Å². The molecule has 2 aromatic rings. The third-order valence-electron chi connectivity index (χ3n) is 8.08. The SMILES string of the molecule is CC=CCCc1ccc2cc(C3CCC4CC(CCCC)CCC4C3)cc(F)c2c1F. The van der Waals surface area contributed by atoms with Crippen molar-refractivity contribution in [2.24, 2.45) is 17.8 Å². The van der Waals surface area contributed by atoms with E-state index in [1.54, 1.807) is 6.07 Å². The molecule has 0 spiro atoms. The summed E-state index contributed by atoms with van der Waals surface area (Å²) in [6, 6.07) is 7.47. The standard InChI is InChI=1S/C29H38F2/c1-3-5-7-9-21-12-15-25-18-26(19-27(30)28(25)29(21)31)24-14-13-22-16-20(8-6-4-2)10-11-23(22)17-24/h3,5,12,15,18-20,22-24H,4,6-11,13-14,16-17H2,1-2H3. The monoisotopic (exact) mass is 424 g/mol. The number of allylic oxidation sites excluding steroid dienone is 2. The molecule has 0 bridgehead atoms. The first-order valence-electron chi connectivity index (χ1n) is 12.6. The van der Waals surface area contributed by atoms with Gasteiger partial charge in [0.2, 0.25) is 0 Å². The van der Waals surface area contributed by atoms with E-state index in [0.29, 0.717) is 23.3 Å². The van der Waals surface area contributed by atoms with Gasteiger partial charge in [-0.05, 0) is 98.1 Å². The summed E-state index contributed by atoms with van der Waals surface area (Å²) >= 11 is 0. The van der Waals surface area contributed by atoms with Crippen LogP contribution in [0, 0.1) is 29.4 Å². The Hall–Kier alpha value is -1.70. The fourth-order valence-electron chi connectivity index (χ4n) is 6.32. The molecular weight excluding hydrogens is 386 g/mol. The summed E-state index contributed by atoms with van der Waals surface area (Å²) in [5.74, 6) is 2.25. The highest BCUT2D eigenvalue weighted by molar-refractivity contribution is 5.85. The molecule has 2 saturated carbocycles. The van der Waals surface area contributed by atoms with Crippen LogP contribution >= 0.6 is 0 Å². The summed E-state index contributed by atoms with van der Waals surface area (Å²) < 4.78 is 30.1. The van der Waals surface area contributed by atoms with Gasteiger partial charge in [0.05, 0.1) is 5.39 Å². The van der Waals surface area contributed by atoms with Crippen LogP contribution in [-0.4, -0.2) is 0 Å². The number of aryl methyl sites for hydroxylation is 1. The van der Waals surface area contributed by atoms with E-state index >= 15 is 8.78 Å². The van der Waals surface area contributed by atoms with E-state index in [4.69, 9.17) is 0 Å². The van der Waals surface area contributed by atoms with E-state index in [-0.39, 0.29) is 17.0 Å². The molecule has 4 unspecified atom stereocenters. The largest absolute Gasteiger partial charge is 0.206 e. The fraction of sp³-hybridized carbons (Fsp3) is 0.586. The summed E-state index contributed by atoms with van der Waals surface area (Å²) in [5, 5.41) is 0.888. The second kappa shape index (κ2) is 10.3. The Morgan fingerprint density at radius 3 is 2.61 bits per heavy atom. The molecule has 0 heterocycles. The molecule has 0 nitrogen and oxygen atoms in total. The minimum atomic E-state index is -0.386. The van der Waals surface area contributed by atoms with Crippen LogP contribution in [0.1, 0.15) is 95.1 Å². The van der Waals surface area contributed by atoms with Crippen LogP contribution < -0.4 is 0 Å². The van der Waals surface area contributed by atoms with E-state index in [1.165, 1.54) is 51.4 Å².